The first-order chi connectivity index (χ1) is 7.50. The highest BCUT2D eigenvalue weighted by Crippen LogP contribution is 2.09. The summed E-state index contributed by atoms with van der Waals surface area (Å²) < 4.78 is 0. The number of carbonyl (C=O) groups is 1. The topological polar surface area (TPSA) is 49.3 Å². The van der Waals surface area contributed by atoms with E-state index >= 15 is 0 Å². The lowest BCUT2D eigenvalue weighted by Gasteiger charge is -2.14. The second kappa shape index (κ2) is 5.87. The first-order valence-corrected chi connectivity index (χ1v) is 5.60. The van der Waals surface area contributed by atoms with Crippen LogP contribution in [0.25, 0.3) is 0 Å². The monoisotopic (exact) mass is 241 g/mol. The summed E-state index contributed by atoms with van der Waals surface area (Å²) in [7, 11) is 0. The van der Waals surface area contributed by atoms with Gasteiger partial charge in [-0.05, 0) is 30.2 Å². The third-order valence-corrected chi connectivity index (χ3v) is 2.60. The molecule has 1 atom stereocenters. The maximum atomic E-state index is 11.6. The number of benzene rings is 1. The Balaban J connectivity index is 2.50. The lowest BCUT2D eigenvalue weighted by Crippen LogP contribution is -2.34. The van der Waals surface area contributed by atoms with Crippen LogP contribution in [0.2, 0.25) is 5.02 Å². The fourth-order valence-electron chi connectivity index (χ4n) is 1.14. The molecule has 2 N–H and O–H groups in total. The largest absolute Gasteiger partial charge is 0.391 e. The van der Waals surface area contributed by atoms with E-state index in [0.717, 1.165) is 0 Å². The number of aliphatic hydroxyl groups excluding tert-OH is 1. The second-order valence-corrected chi connectivity index (χ2v) is 4.46. The highest BCUT2D eigenvalue weighted by atomic mass is 35.5. The van der Waals surface area contributed by atoms with E-state index in [9.17, 15) is 9.90 Å². The minimum Gasteiger partial charge on any atom is -0.391 e. The minimum atomic E-state index is -0.517. The predicted octanol–water partition coefficient (Wildman–Crippen LogP) is 2.09. The van der Waals surface area contributed by atoms with Crippen molar-refractivity contribution in [3.05, 3.63) is 34.9 Å². The van der Waals surface area contributed by atoms with E-state index < -0.39 is 6.10 Å². The average molecular weight is 242 g/mol. The van der Waals surface area contributed by atoms with Crippen LogP contribution in [0.4, 0.5) is 0 Å². The number of rotatable bonds is 4. The number of carbonyl (C=O) groups excluding carboxylic acids is 1. The maximum Gasteiger partial charge on any atom is 0.251 e. The lowest BCUT2D eigenvalue weighted by molar-refractivity contribution is 0.0871. The number of nitrogens with one attached hydrogen (secondary N) is 1. The number of aliphatic hydroxyl groups is 1. The van der Waals surface area contributed by atoms with Gasteiger partial charge in [-0.3, -0.25) is 4.79 Å². The molecule has 88 valence electrons. The van der Waals surface area contributed by atoms with Crippen LogP contribution in [0.5, 0.6) is 0 Å². The molecular formula is C12H16ClNO2. The van der Waals surface area contributed by atoms with Gasteiger partial charge in [-0.15, -0.1) is 0 Å². The van der Waals surface area contributed by atoms with E-state index in [0.29, 0.717) is 10.6 Å². The molecule has 4 heteroatoms. The standard InChI is InChI=1S/C12H16ClNO2/c1-8(2)11(15)7-14-12(16)9-3-5-10(13)6-4-9/h3-6,8,11,15H,7H2,1-2H3,(H,14,16)/t11-/m1/s1. The Morgan fingerprint density at radius 3 is 2.44 bits per heavy atom. The van der Waals surface area contributed by atoms with E-state index in [1.807, 2.05) is 13.8 Å². The molecule has 0 aromatic heterocycles. The van der Waals surface area contributed by atoms with Gasteiger partial charge in [0.1, 0.15) is 0 Å². The molecule has 0 bridgehead atoms. The molecule has 3 nitrogen and oxygen atoms in total. The van der Waals surface area contributed by atoms with Crippen LogP contribution in [0.15, 0.2) is 24.3 Å². The molecule has 1 aromatic rings. The number of halogens is 1. The summed E-state index contributed by atoms with van der Waals surface area (Å²) in [5.41, 5.74) is 0.542. The first kappa shape index (κ1) is 13.0. The first-order valence-electron chi connectivity index (χ1n) is 5.22. The Labute approximate surface area is 100 Å². The van der Waals surface area contributed by atoms with Crippen molar-refractivity contribution >= 4 is 17.5 Å². The zero-order valence-electron chi connectivity index (χ0n) is 9.40. The molecule has 0 aliphatic rings. The highest BCUT2D eigenvalue weighted by Gasteiger charge is 2.11. The van der Waals surface area contributed by atoms with E-state index in [4.69, 9.17) is 11.6 Å². The summed E-state index contributed by atoms with van der Waals surface area (Å²) in [4.78, 5) is 11.6. The Hall–Kier alpha value is -1.06. The summed E-state index contributed by atoms with van der Waals surface area (Å²) in [6, 6.07) is 6.63. The predicted molar refractivity (Wildman–Crippen MR) is 64.6 cm³/mol. The molecule has 0 unspecified atom stereocenters. The fourth-order valence-corrected chi connectivity index (χ4v) is 1.26. The van der Waals surface area contributed by atoms with Gasteiger partial charge in [0.2, 0.25) is 0 Å². The van der Waals surface area contributed by atoms with Crippen molar-refractivity contribution in [3.8, 4) is 0 Å². The summed E-state index contributed by atoms with van der Waals surface area (Å²) >= 11 is 5.71. The molecule has 0 saturated heterocycles. The molecule has 0 radical (unpaired) electrons. The highest BCUT2D eigenvalue weighted by molar-refractivity contribution is 6.30. The van der Waals surface area contributed by atoms with Crippen LogP contribution in [-0.4, -0.2) is 23.7 Å². The molecular weight excluding hydrogens is 226 g/mol. The van der Waals surface area contributed by atoms with Crippen molar-refractivity contribution in [2.24, 2.45) is 5.92 Å². The van der Waals surface area contributed by atoms with E-state index in [2.05, 4.69) is 5.32 Å². The zero-order valence-corrected chi connectivity index (χ0v) is 10.2. The van der Waals surface area contributed by atoms with Gasteiger partial charge in [-0.1, -0.05) is 25.4 Å². The Morgan fingerprint density at radius 2 is 1.94 bits per heavy atom. The number of amides is 1. The van der Waals surface area contributed by atoms with Gasteiger partial charge in [-0.2, -0.15) is 0 Å². The fraction of sp³-hybridized carbons (Fsp3) is 0.417. The van der Waals surface area contributed by atoms with Crippen LogP contribution < -0.4 is 5.32 Å². The van der Waals surface area contributed by atoms with Gasteiger partial charge in [0, 0.05) is 17.1 Å². The van der Waals surface area contributed by atoms with E-state index in [1.54, 1.807) is 24.3 Å². The van der Waals surface area contributed by atoms with Crippen LogP contribution in [-0.2, 0) is 0 Å². The van der Waals surface area contributed by atoms with Gasteiger partial charge in [0.15, 0.2) is 0 Å². The lowest BCUT2D eigenvalue weighted by atomic mass is 10.1. The molecule has 0 aliphatic heterocycles. The Morgan fingerprint density at radius 1 is 1.38 bits per heavy atom. The van der Waals surface area contributed by atoms with Crippen molar-refractivity contribution in [2.75, 3.05) is 6.54 Å². The summed E-state index contributed by atoms with van der Waals surface area (Å²) in [6.07, 6.45) is -0.517. The molecule has 0 heterocycles. The molecule has 0 fully saturated rings. The van der Waals surface area contributed by atoms with E-state index in [-0.39, 0.29) is 18.4 Å². The maximum absolute atomic E-state index is 11.6. The van der Waals surface area contributed by atoms with Crippen LogP contribution >= 0.6 is 11.6 Å². The quantitative estimate of drug-likeness (QED) is 0.848. The third kappa shape index (κ3) is 3.83. The molecule has 0 aliphatic carbocycles. The summed E-state index contributed by atoms with van der Waals surface area (Å²) in [5.74, 6) is -0.0677. The summed E-state index contributed by atoms with van der Waals surface area (Å²) in [6.45, 7) is 4.07. The zero-order chi connectivity index (χ0) is 12.1. The SMILES string of the molecule is CC(C)[C@H](O)CNC(=O)c1ccc(Cl)cc1. The van der Waals surface area contributed by atoms with Gasteiger partial charge >= 0.3 is 0 Å². The van der Waals surface area contributed by atoms with Crippen molar-refractivity contribution in [3.63, 3.8) is 0 Å². The van der Waals surface area contributed by atoms with Crippen molar-refractivity contribution < 1.29 is 9.90 Å². The van der Waals surface area contributed by atoms with Gasteiger partial charge in [0.25, 0.3) is 5.91 Å². The molecule has 16 heavy (non-hydrogen) atoms. The van der Waals surface area contributed by atoms with Crippen molar-refractivity contribution in [1.82, 2.24) is 5.32 Å². The van der Waals surface area contributed by atoms with E-state index in [1.165, 1.54) is 0 Å². The van der Waals surface area contributed by atoms with Crippen molar-refractivity contribution in [2.45, 2.75) is 20.0 Å². The molecule has 1 rings (SSSR count). The molecule has 0 saturated carbocycles. The smallest absolute Gasteiger partial charge is 0.251 e. The van der Waals surface area contributed by atoms with Crippen LogP contribution in [0, 0.1) is 5.92 Å². The van der Waals surface area contributed by atoms with Crippen molar-refractivity contribution in [1.29, 1.82) is 0 Å². The van der Waals surface area contributed by atoms with Gasteiger partial charge in [0.05, 0.1) is 6.10 Å². The van der Waals surface area contributed by atoms with Crippen LogP contribution in [0.3, 0.4) is 0 Å². The second-order valence-electron chi connectivity index (χ2n) is 4.03. The number of hydrogen-bond acceptors (Lipinski definition) is 2. The number of hydrogen-bond donors (Lipinski definition) is 2. The van der Waals surface area contributed by atoms with Gasteiger partial charge < -0.3 is 10.4 Å². The Kier molecular flexibility index (Phi) is 4.77. The van der Waals surface area contributed by atoms with Gasteiger partial charge in [-0.25, -0.2) is 0 Å². The molecule has 1 aromatic carbocycles. The minimum absolute atomic E-state index is 0.130. The average Bonchev–Trinajstić information content (AvgIpc) is 2.26. The summed E-state index contributed by atoms with van der Waals surface area (Å²) in [5, 5.41) is 12.8. The molecule has 0 spiro atoms. The molecule has 1 amide bonds. The normalized spacial score (nSPS) is 12.6. The Bertz CT molecular complexity index is 349. The third-order valence-electron chi connectivity index (χ3n) is 2.35. The van der Waals surface area contributed by atoms with Crippen LogP contribution in [0.1, 0.15) is 24.2 Å².